The normalized spacial score (nSPS) is 35.4. The Kier molecular flexibility index (Phi) is 4.71. The fourth-order valence-corrected chi connectivity index (χ4v) is 5.52. The highest BCUT2D eigenvalue weighted by Crippen LogP contribution is 2.57. The van der Waals surface area contributed by atoms with Gasteiger partial charge in [0, 0.05) is 12.5 Å². The molecule has 0 unspecified atom stereocenters. The molecule has 1 aromatic rings. The van der Waals surface area contributed by atoms with Crippen LogP contribution >= 0.6 is 0 Å². The lowest BCUT2D eigenvalue weighted by molar-refractivity contribution is -0.166. The summed E-state index contributed by atoms with van der Waals surface area (Å²) in [6.45, 7) is 6.30. The Hall–Kier alpha value is -1.39. The lowest BCUT2D eigenvalue weighted by atomic mass is 9.49. The zero-order valence-electron chi connectivity index (χ0n) is 15.7. The smallest absolute Gasteiger partial charge is 0.311 e. The Morgan fingerprint density at radius 3 is 2.72 bits per heavy atom. The van der Waals surface area contributed by atoms with E-state index in [1.807, 2.05) is 13.8 Å². The van der Waals surface area contributed by atoms with E-state index in [-0.39, 0.29) is 29.8 Å². The van der Waals surface area contributed by atoms with Gasteiger partial charge >= 0.3 is 5.97 Å². The number of hydrogen-bond acceptors (Lipinski definition) is 4. The van der Waals surface area contributed by atoms with Crippen molar-refractivity contribution in [2.45, 2.75) is 63.9 Å². The summed E-state index contributed by atoms with van der Waals surface area (Å²) in [7, 11) is 1.44. The molecule has 4 nitrogen and oxygen atoms in total. The molecular formula is C21H30O4. The van der Waals surface area contributed by atoms with Crippen LogP contribution in [0.2, 0.25) is 0 Å². The second-order valence-corrected chi connectivity index (χ2v) is 8.48. The van der Waals surface area contributed by atoms with E-state index < -0.39 is 11.5 Å². The van der Waals surface area contributed by atoms with Gasteiger partial charge in [0.15, 0.2) is 0 Å². The van der Waals surface area contributed by atoms with E-state index in [0.29, 0.717) is 12.8 Å². The highest BCUT2D eigenvalue weighted by Gasteiger charge is 2.57. The minimum atomic E-state index is -0.657. The number of carbonyl (C=O) groups excluding carboxylic acids is 1. The number of methoxy groups -OCH3 is 1. The number of aliphatic hydroxyl groups is 2. The van der Waals surface area contributed by atoms with Gasteiger partial charge in [0.1, 0.15) is 0 Å². The van der Waals surface area contributed by atoms with Crippen molar-refractivity contribution in [3.63, 3.8) is 0 Å². The standard InChI is InChI=1S/C21H30O4/c1-13(12-22)14-5-7-17-15(9-14)6-8-18-20(17,2)10-16(23)11-21(18,3)19(24)25-4/h5,7,9,13,16,18,22-23H,6,8,10-12H2,1-4H3/t13-,16+,18-,20-,21-/m1/s1. The molecule has 4 heteroatoms. The number of ether oxygens (including phenoxy) is 1. The molecule has 0 heterocycles. The summed E-state index contributed by atoms with van der Waals surface area (Å²) in [5, 5.41) is 20.0. The first-order valence-corrected chi connectivity index (χ1v) is 9.27. The van der Waals surface area contributed by atoms with Gasteiger partial charge in [-0.3, -0.25) is 4.79 Å². The third kappa shape index (κ3) is 2.80. The van der Waals surface area contributed by atoms with Gasteiger partial charge in [0.25, 0.3) is 0 Å². The van der Waals surface area contributed by atoms with Crippen LogP contribution in [-0.4, -0.2) is 36.0 Å². The Labute approximate surface area is 150 Å². The summed E-state index contributed by atoms with van der Waals surface area (Å²) in [4.78, 5) is 12.6. The monoisotopic (exact) mass is 346 g/mol. The van der Waals surface area contributed by atoms with E-state index >= 15 is 0 Å². The van der Waals surface area contributed by atoms with Gasteiger partial charge in [-0.1, -0.05) is 32.0 Å². The Balaban J connectivity index is 2.07. The second-order valence-electron chi connectivity index (χ2n) is 8.48. The number of esters is 1. The average molecular weight is 346 g/mol. The molecule has 1 aromatic carbocycles. The molecule has 0 saturated heterocycles. The fourth-order valence-electron chi connectivity index (χ4n) is 5.52. The quantitative estimate of drug-likeness (QED) is 0.826. The van der Waals surface area contributed by atoms with Crippen LogP contribution < -0.4 is 0 Å². The zero-order chi connectivity index (χ0) is 18.4. The minimum Gasteiger partial charge on any atom is -0.469 e. The average Bonchev–Trinajstić information content (AvgIpc) is 2.58. The maximum Gasteiger partial charge on any atom is 0.311 e. The number of rotatable bonds is 3. The Morgan fingerprint density at radius 2 is 2.08 bits per heavy atom. The first-order valence-electron chi connectivity index (χ1n) is 9.27. The highest BCUT2D eigenvalue weighted by molar-refractivity contribution is 5.77. The van der Waals surface area contributed by atoms with Crippen molar-refractivity contribution in [1.82, 2.24) is 0 Å². The molecule has 25 heavy (non-hydrogen) atoms. The lowest BCUT2D eigenvalue weighted by Crippen LogP contribution is -2.56. The van der Waals surface area contributed by atoms with Crippen LogP contribution in [0.1, 0.15) is 62.6 Å². The van der Waals surface area contributed by atoms with Gasteiger partial charge in [-0.2, -0.15) is 0 Å². The topological polar surface area (TPSA) is 66.8 Å². The largest absolute Gasteiger partial charge is 0.469 e. The van der Waals surface area contributed by atoms with E-state index in [9.17, 15) is 15.0 Å². The maximum absolute atomic E-state index is 12.6. The predicted molar refractivity (Wildman–Crippen MR) is 96.5 cm³/mol. The van der Waals surface area contributed by atoms with Crippen molar-refractivity contribution in [3.8, 4) is 0 Å². The molecule has 2 aliphatic carbocycles. The summed E-state index contributed by atoms with van der Waals surface area (Å²) in [5.41, 5.74) is 2.78. The number of hydrogen-bond donors (Lipinski definition) is 2. The summed E-state index contributed by atoms with van der Waals surface area (Å²) < 4.78 is 5.11. The van der Waals surface area contributed by atoms with Crippen LogP contribution in [0.3, 0.4) is 0 Å². The van der Waals surface area contributed by atoms with E-state index in [1.165, 1.54) is 18.2 Å². The van der Waals surface area contributed by atoms with Gasteiger partial charge in [0.05, 0.1) is 18.6 Å². The molecule has 3 rings (SSSR count). The molecule has 0 spiro atoms. The molecule has 0 amide bonds. The molecule has 0 bridgehead atoms. The zero-order valence-corrected chi connectivity index (χ0v) is 15.7. The molecule has 1 saturated carbocycles. The van der Waals surface area contributed by atoms with Crippen LogP contribution in [0.15, 0.2) is 18.2 Å². The van der Waals surface area contributed by atoms with Crippen LogP contribution in [0.4, 0.5) is 0 Å². The van der Waals surface area contributed by atoms with Gasteiger partial charge in [0.2, 0.25) is 0 Å². The molecule has 0 radical (unpaired) electrons. The summed E-state index contributed by atoms with van der Waals surface area (Å²) in [6, 6.07) is 6.44. The van der Waals surface area contributed by atoms with Crippen molar-refractivity contribution in [2.24, 2.45) is 11.3 Å². The van der Waals surface area contributed by atoms with Crippen LogP contribution in [0.25, 0.3) is 0 Å². The molecule has 1 fully saturated rings. The molecule has 138 valence electrons. The number of aliphatic hydroxyl groups excluding tert-OH is 2. The summed E-state index contributed by atoms with van der Waals surface area (Å²) >= 11 is 0. The first kappa shape index (κ1) is 18.4. The highest BCUT2D eigenvalue weighted by atomic mass is 16.5. The number of aryl methyl sites for hydroxylation is 1. The molecule has 0 aliphatic heterocycles. The van der Waals surface area contributed by atoms with Gasteiger partial charge in [-0.15, -0.1) is 0 Å². The third-order valence-corrected chi connectivity index (χ3v) is 6.80. The van der Waals surface area contributed by atoms with Crippen molar-refractivity contribution in [3.05, 3.63) is 34.9 Å². The fraction of sp³-hybridized carbons (Fsp3) is 0.667. The SMILES string of the molecule is COC(=O)[C@]1(C)C[C@@H](O)C[C@]2(C)c3ccc([C@H](C)CO)cc3CC[C@@H]12. The van der Waals surface area contributed by atoms with Gasteiger partial charge in [-0.25, -0.2) is 0 Å². The Bertz CT molecular complexity index is 670. The van der Waals surface area contributed by atoms with Gasteiger partial charge in [-0.05, 0) is 60.6 Å². The molecule has 2 aliphatic rings. The van der Waals surface area contributed by atoms with Crippen molar-refractivity contribution in [2.75, 3.05) is 13.7 Å². The molecule has 0 aromatic heterocycles. The van der Waals surface area contributed by atoms with E-state index in [4.69, 9.17) is 4.74 Å². The van der Waals surface area contributed by atoms with Crippen LogP contribution in [-0.2, 0) is 21.4 Å². The lowest BCUT2D eigenvalue weighted by Gasteiger charge is -2.55. The molecule has 2 N–H and O–H groups in total. The Morgan fingerprint density at radius 1 is 1.36 bits per heavy atom. The number of carbonyl (C=O) groups is 1. The molecule has 5 atom stereocenters. The van der Waals surface area contributed by atoms with E-state index in [0.717, 1.165) is 18.4 Å². The van der Waals surface area contributed by atoms with Crippen LogP contribution in [0, 0.1) is 11.3 Å². The first-order chi connectivity index (χ1) is 11.8. The summed E-state index contributed by atoms with van der Waals surface area (Å²) in [6.07, 6.45) is 2.47. The van der Waals surface area contributed by atoms with Gasteiger partial charge < -0.3 is 14.9 Å². The van der Waals surface area contributed by atoms with E-state index in [2.05, 4.69) is 25.1 Å². The van der Waals surface area contributed by atoms with Crippen molar-refractivity contribution in [1.29, 1.82) is 0 Å². The third-order valence-electron chi connectivity index (χ3n) is 6.80. The second kappa shape index (κ2) is 6.40. The van der Waals surface area contributed by atoms with Crippen molar-refractivity contribution >= 4 is 5.97 Å². The minimum absolute atomic E-state index is 0.119. The van der Waals surface area contributed by atoms with E-state index in [1.54, 1.807) is 0 Å². The molecular weight excluding hydrogens is 316 g/mol. The predicted octanol–water partition coefficient (Wildman–Crippen LogP) is 2.94. The summed E-state index contributed by atoms with van der Waals surface area (Å²) in [5.74, 6) is 0.0639. The maximum atomic E-state index is 12.6. The van der Waals surface area contributed by atoms with Crippen LogP contribution in [0.5, 0.6) is 0 Å². The number of fused-ring (bicyclic) bond motifs is 3. The number of benzene rings is 1. The van der Waals surface area contributed by atoms with Crippen molar-refractivity contribution < 1.29 is 19.7 Å².